The van der Waals surface area contributed by atoms with Crippen molar-refractivity contribution in [2.45, 2.75) is 32.2 Å². The molecular formula is C14H17NO2S. The molecule has 18 heavy (non-hydrogen) atoms. The number of carbonyl (C=O) groups is 1. The first-order valence-corrected chi connectivity index (χ1v) is 6.96. The van der Waals surface area contributed by atoms with Gasteiger partial charge in [0.1, 0.15) is 5.76 Å². The monoisotopic (exact) mass is 263 g/mol. The zero-order chi connectivity index (χ0) is 12.8. The molecule has 0 aromatic carbocycles. The van der Waals surface area contributed by atoms with Crippen LogP contribution in [0.25, 0.3) is 0 Å². The van der Waals surface area contributed by atoms with Crippen LogP contribution in [-0.4, -0.2) is 11.9 Å². The lowest BCUT2D eigenvalue weighted by Gasteiger charge is -2.12. The molecule has 2 heterocycles. The Bertz CT molecular complexity index is 462. The maximum atomic E-state index is 11.7. The van der Waals surface area contributed by atoms with Crippen molar-refractivity contribution in [3.8, 4) is 0 Å². The van der Waals surface area contributed by atoms with E-state index in [0.29, 0.717) is 6.42 Å². The molecule has 0 fully saturated rings. The summed E-state index contributed by atoms with van der Waals surface area (Å²) in [5, 5.41) is 5.02. The summed E-state index contributed by atoms with van der Waals surface area (Å²) in [6.45, 7) is 1.99. The van der Waals surface area contributed by atoms with Gasteiger partial charge in [0.15, 0.2) is 0 Å². The number of aryl methyl sites for hydroxylation is 1. The van der Waals surface area contributed by atoms with Gasteiger partial charge in [-0.1, -0.05) is 6.07 Å². The lowest BCUT2D eigenvalue weighted by atomic mass is 10.2. The molecule has 96 valence electrons. The number of amides is 1. The fourth-order valence-corrected chi connectivity index (χ4v) is 2.53. The summed E-state index contributed by atoms with van der Waals surface area (Å²) in [5.74, 6) is 1.00. The summed E-state index contributed by atoms with van der Waals surface area (Å²) in [4.78, 5) is 13.0. The van der Waals surface area contributed by atoms with Gasteiger partial charge < -0.3 is 9.73 Å². The maximum Gasteiger partial charge on any atom is 0.220 e. The van der Waals surface area contributed by atoms with Crippen LogP contribution in [0.15, 0.2) is 40.3 Å². The van der Waals surface area contributed by atoms with Crippen molar-refractivity contribution in [1.29, 1.82) is 0 Å². The van der Waals surface area contributed by atoms with E-state index in [1.54, 1.807) is 17.6 Å². The van der Waals surface area contributed by atoms with E-state index < -0.39 is 0 Å². The number of carbonyl (C=O) groups excluding carboxylic acids is 1. The van der Waals surface area contributed by atoms with E-state index in [2.05, 4.69) is 11.4 Å². The third-order valence-corrected chi connectivity index (χ3v) is 3.61. The molecule has 4 heteroatoms. The fraction of sp³-hybridized carbons (Fsp3) is 0.357. The quantitative estimate of drug-likeness (QED) is 0.870. The minimum absolute atomic E-state index is 0.0995. The predicted octanol–water partition coefficient (Wildman–Crippen LogP) is 3.02. The first-order chi connectivity index (χ1) is 8.74. The molecule has 0 radical (unpaired) electrons. The van der Waals surface area contributed by atoms with E-state index in [1.807, 2.05) is 30.5 Å². The van der Waals surface area contributed by atoms with E-state index in [9.17, 15) is 4.79 Å². The number of rotatable bonds is 6. The van der Waals surface area contributed by atoms with Crippen LogP contribution >= 0.6 is 11.3 Å². The second-order valence-corrected chi connectivity index (χ2v) is 5.36. The molecule has 2 rings (SSSR count). The number of hydrogen-bond acceptors (Lipinski definition) is 3. The molecule has 0 saturated carbocycles. The highest BCUT2D eigenvalue weighted by Crippen LogP contribution is 2.11. The van der Waals surface area contributed by atoms with Crippen molar-refractivity contribution in [2.75, 3.05) is 0 Å². The number of hydrogen-bond donors (Lipinski definition) is 1. The van der Waals surface area contributed by atoms with Gasteiger partial charge in [0, 0.05) is 23.8 Å². The molecule has 3 nitrogen and oxygen atoms in total. The molecule has 1 N–H and O–H groups in total. The molecule has 2 aromatic heterocycles. The topological polar surface area (TPSA) is 42.2 Å². The highest BCUT2D eigenvalue weighted by molar-refractivity contribution is 7.09. The van der Waals surface area contributed by atoms with Crippen LogP contribution < -0.4 is 5.32 Å². The largest absolute Gasteiger partial charge is 0.469 e. The number of nitrogens with one attached hydrogen (secondary N) is 1. The Balaban J connectivity index is 1.70. The Labute approximate surface area is 111 Å². The first-order valence-electron chi connectivity index (χ1n) is 6.08. The van der Waals surface area contributed by atoms with Crippen LogP contribution in [0.3, 0.4) is 0 Å². The predicted molar refractivity (Wildman–Crippen MR) is 72.7 cm³/mol. The molecule has 0 bridgehead atoms. The molecule has 0 spiro atoms. The summed E-state index contributed by atoms with van der Waals surface area (Å²) in [6, 6.07) is 7.96. The lowest BCUT2D eigenvalue weighted by molar-refractivity contribution is -0.121. The van der Waals surface area contributed by atoms with Crippen molar-refractivity contribution < 1.29 is 9.21 Å². The summed E-state index contributed by atoms with van der Waals surface area (Å²) in [5.41, 5.74) is 0. The summed E-state index contributed by atoms with van der Waals surface area (Å²) in [6.07, 6.45) is 3.75. The van der Waals surface area contributed by atoms with Crippen molar-refractivity contribution in [2.24, 2.45) is 0 Å². The minimum Gasteiger partial charge on any atom is -0.469 e. The van der Waals surface area contributed by atoms with E-state index in [1.165, 1.54) is 4.88 Å². The number of thiophene rings is 1. The van der Waals surface area contributed by atoms with Gasteiger partial charge in [-0.25, -0.2) is 0 Å². The van der Waals surface area contributed by atoms with Gasteiger partial charge in [-0.3, -0.25) is 4.79 Å². The van der Waals surface area contributed by atoms with Gasteiger partial charge in [0.2, 0.25) is 5.91 Å². The highest BCUT2D eigenvalue weighted by atomic mass is 32.1. The van der Waals surface area contributed by atoms with E-state index in [0.717, 1.165) is 18.6 Å². The third-order valence-electron chi connectivity index (χ3n) is 2.67. The highest BCUT2D eigenvalue weighted by Gasteiger charge is 2.09. The molecule has 2 aromatic rings. The van der Waals surface area contributed by atoms with Crippen LogP contribution in [0.4, 0.5) is 0 Å². The van der Waals surface area contributed by atoms with Crippen molar-refractivity contribution in [1.82, 2.24) is 5.32 Å². The van der Waals surface area contributed by atoms with Gasteiger partial charge in [-0.05, 0) is 36.9 Å². The molecule has 0 aliphatic heterocycles. The van der Waals surface area contributed by atoms with Crippen molar-refractivity contribution in [3.05, 3.63) is 46.5 Å². The lowest BCUT2D eigenvalue weighted by Crippen LogP contribution is -2.34. The van der Waals surface area contributed by atoms with E-state index in [-0.39, 0.29) is 11.9 Å². The Kier molecular flexibility index (Phi) is 4.59. The average molecular weight is 263 g/mol. The molecular weight excluding hydrogens is 246 g/mol. The zero-order valence-corrected chi connectivity index (χ0v) is 11.2. The van der Waals surface area contributed by atoms with Crippen molar-refractivity contribution in [3.63, 3.8) is 0 Å². The van der Waals surface area contributed by atoms with Crippen LogP contribution in [0.2, 0.25) is 0 Å². The Morgan fingerprint density at radius 3 is 3.00 bits per heavy atom. The van der Waals surface area contributed by atoms with Crippen molar-refractivity contribution >= 4 is 17.2 Å². The average Bonchev–Trinajstić information content (AvgIpc) is 2.98. The molecule has 1 atom stereocenters. The van der Waals surface area contributed by atoms with Crippen LogP contribution in [0, 0.1) is 0 Å². The van der Waals surface area contributed by atoms with Gasteiger partial charge in [-0.2, -0.15) is 0 Å². The standard InChI is InChI=1S/C14H17NO2S/c1-11(10-12-4-2-8-17-12)15-14(16)7-6-13-5-3-9-18-13/h2-5,8-9,11H,6-7,10H2,1H3,(H,15,16)/t11-/m0/s1. The molecule has 1 amide bonds. The Hall–Kier alpha value is -1.55. The summed E-state index contributed by atoms with van der Waals surface area (Å²) < 4.78 is 5.25. The van der Waals surface area contributed by atoms with Crippen LogP contribution in [0.5, 0.6) is 0 Å². The molecule has 0 aliphatic rings. The normalized spacial score (nSPS) is 12.3. The smallest absolute Gasteiger partial charge is 0.220 e. The van der Waals surface area contributed by atoms with E-state index >= 15 is 0 Å². The first kappa shape index (κ1) is 12.9. The Morgan fingerprint density at radius 2 is 2.33 bits per heavy atom. The molecule has 0 saturated heterocycles. The molecule has 0 aliphatic carbocycles. The van der Waals surface area contributed by atoms with E-state index in [4.69, 9.17) is 4.42 Å². The summed E-state index contributed by atoms with van der Waals surface area (Å²) in [7, 11) is 0. The Morgan fingerprint density at radius 1 is 1.44 bits per heavy atom. The zero-order valence-electron chi connectivity index (χ0n) is 10.4. The maximum absolute atomic E-state index is 11.7. The molecule has 0 unspecified atom stereocenters. The van der Waals surface area contributed by atoms with Crippen LogP contribution in [0.1, 0.15) is 24.0 Å². The fourth-order valence-electron chi connectivity index (χ4n) is 1.82. The SMILES string of the molecule is C[C@@H](Cc1ccco1)NC(=O)CCc1cccs1. The van der Waals surface area contributed by atoms with Gasteiger partial charge >= 0.3 is 0 Å². The van der Waals surface area contributed by atoms with Gasteiger partial charge in [0.05, 0.1) is 6.26 Å². The van der Waals surface area contributed by atoms with Gasteiger partial charge in [-0.15, -0.1) is 11.3 Å². The van der Waals surface area contributed by atoms with Gasteiger partial charge in [0.25, 0.3) is 0 Å². The summed E-state index contributed by atoms with van der Waals surface area (Å²) >= 11 is 1.69. The minimum atomic E-state index is 0.0995. The second kappa shape index (κ2) is 6.40. The number of furan rings is 1. The van der Waals surface area contributed by atoms with Crippen LogP contribution in [-0.2, 0) is 17.6 Å². The second-order valence-electron chi connectivity index (χ2n) is 4.33. The third kappa shape index (κ3) is 4.04.